The molecule has 0 aliphatic heterocycles. The minimum atomic E-state index is -0.239. The van der Waals surface area contributed by atoms with Crippen molar-refractivity contribution in [1.29, 1.82) is 0 Å². The molecule has 0 unspecified atom stereocenters. The van der Waals surface area contributed by atoms with E-state index in [9.17, 15) is 9.59 Å². The fourth-order valence-electron chi connectivity index (χ4n) is 3.69. The van der Waals surface area contributed by atoms with Crippen LogP contribution in [0.4, 0.5) is 5.69 Å². The Morgan fingerprint density at radius 2 is 1.70 bits per heavy atom. The van der Waals surface area contributed by atoms with Crippen molar-refractivity contribution in [3.8, 4) is 0 Å². The molecule has 0 bridgehead atoms. The highest BCUT2D eigenvalue weighted by molar-refractivity contribution is 6.33. The van der Waals surface area contributed by atoms with Crippen LogP contribution in [0.15, 0.2) is 72.8 Å². The van der Waals surface area contributed by atoms with Crippen LogP contribution >= 0.6 is 11.6 Å². The van der Waals surface area contributed by atoms with Crippen molar-refractivity contribution in [1.82, 2.24) is 14.9 Å². The first-order chi connectivity index (χ1) is 16.0. The second kappa shape index (κ2) is 10.3. The quantitative estimate of drug-likeness (QED) is 0.394. The van der Waals surface area contributed by atoms with Crippen LogP contribution in [0.1, 0.15) is 28.7 Å². The van der Waals surface area contributed by atoms with E-state index in [1.807, 2.05) is 53.1 Å². The molecule has 3 aromatic carbocycles. The lowest BCUT2D eigenvalue weighted by Crippen LogP contribution is -2.27. The maximum Gasteiger partial charge on any atom is 0.252 e. The Labute approximate surface area is 197 Å². The number of amides is 2. The van der Waals surface area contributed by atoms with Crippen molar-refractivity contribution >= 4 is 40.1 Å². The predicted octanol–water partition coefficient (Wildman–Crippen LogP) is 4.86. The van der Waals surface area contributed by atoms with Crippen molar-refractivity contribution in [3.05, 3.63) is 94.8 Å². The smallest absolute Gasteiger partial charge is 0.252 e. The van der Waals surface area contributed by atoms with E-state index in [1.165, 1.54) is 5.56 Å². The van der Waals surface area contributed by atoms with Crippen molar-refractivity contribution in [2.45, 2.75) is 26.3 Å². The number of aryl methyl sites for hydroxylation is 1. The molecule has 0 atom stereocenters. The molecule has 2 amide bonds. The van der Waals surface area contributed by atoms with Gasteiger partial charge >= 0.3 is 0 Å². The van der Waals surface area contributed by atoms with E-state index >= 15 is 0 Å². The summed E-state index contributed by atoms with van der Waals surface area (Å²) in [7, 11) is 0. The number of para-hydroxylation sites is 2. The number of hydrogen-bond donors (Lipinski definition) is 2. The number of benzene rings is 3. The van der Waals surface area contributed by atoms with Crippen LogP contribution in [0, 0.1) is 0 Å². The summed E-state index contributed by atoms with van der Waals surface area (Å²) < 4.78 is 1.90. The summed E-state index contributed by atoms with van der Waals surface area (Å²) in [4.78, 5) is 29.9. The molecule has 0 radical (unpaired) electrons. The van der Waals surface area contributed by atoms with Gasteiger partial charge in [0.15, 0.2) is 0 Å². The number of halogens is 1. The average molecular weight is 461 g/mol. The van der Waals surface area contributed by atoms with E-state index < -0.39 is 0 Å². The van der Waals surface area contributed by atoms with Crippen LogP contribution in [0.2, 0.25) is 5.02 Å². The first kappa shape index (κ1) is 22.6. The third-order valence-electron chi connectivity index (χ3n) is 5.43. The lowest BCUT2D eigenvalue weighted by atomic mass is 10.1. The Morgan fingerprint density at radius 1 is 0.970 bits per heavy atom. The second-order valence-corrected chi connectivity index (χ2v) is 8.09. The molecular weight excluding hydrogens is 436 g/mol. The maximum atomic E-state index is 12.8. The van der Waals surface area contributed by atoms with Gasteiger partial charge in [0.1, 0.15) is 12.4 Å². The summed E-state index contributed by atoms with van der Waals surface area (Å²) in [6.45, 7) is 2.59. The second-order valence-electron chi connectivity index (χ2n) is 7.69. The van der Waals surface area contributed by atoms with Gasteiger partial charge in [0.05, 0.1) is 21.6 Å². The third kappa shape index (κ3) is 5.41. The lowest BCUT2D eigenvalue weighted by Gasteiger charge is -2.11. The number of nitrogens with one attached hydrogen (secondary N) is 2. The van der Waals surface area contributed by atoms with Crippen LogP contribution in [0.3, 0.4) is 0 Å². The largest absolute Gasteiger partial charge is 0.352 e. The van der Waals surface area contributed by atoms with Crippen molar-refractivity contribution < 1.29 is 9.59 Å². The highest BCUT2D eigenvalue weighted by Crippen LogP contribution is 2.18. The molecule has 4 aromatic rings. The number of aromatic nitrogens is 2. The molecule has 1 aromatic heterocycles. The van der Waals surface area contributed by atoms with Crippen LogP contribution in [0.5, 0.6) is 0 Å². The van der Waals surface area contributed by atoms with E-state index in [0.29, 0.717) is 23.6 Å². The average Bonchev–Trinajstić information content (AvgIpc) is 3.17. The van der Waals surface area contributed by atoms with Gasteiger partial charge in [-0.1, -0.05) is 54.9 Å². The zero-order valence-corrected chi connectivity index (χ0v) is 19.1. The van der Waals surface area contributed by atoms with Gasteiger partial charge in [-0.05, 0) is 48.4 Å². The van der Waals surface area contributed by atoms with Gasteiger partial charge in [-0.2, -0.15) is 0 Å². The Hall–Kier alpha value is -3.64. The van der Waals surface area contributed by atoms with Gasteiger partial charge in [0.2, 0.25) is 5.91 Å². The fourth-order valence-corrected chi connectivity index (χ4v) is 3.91. The van der Waals surface area contributed by atoms with Gasteiger partial charge in [0, 0.05) is 18.7 Å². The Morgan fingerprint density at radius 3 is 2.45 bits per heavy atom. The highest BCUT2D eigenvalue weighted by Gasteiger charge is 2.15. The van der Waals surface area contributed by atoms with Gasteiger partial charge in [0.25, 0.3) is 5.91 Å². The Bertz CT molecular complexity index is 1280. The van der Waals surface area contributed by atoms with E-state index in [1.54, 1.807) is 24.3 Å². The van der Waals surface area contributed by atoms with Crippen molar-refractivity contribution in [3.63, 3.8) is 0 Å². The van der Waals surface area contributed by atoms with Gasteiger partial charge in [-0.3, -0.25) is 9.59 Å². The third-order valence-corrected chi connectivity index (χ3v) is 5.76. The SMILES string of the molecule is CCc1ccc(NC(=O)Cn2c(CCNC(=O)c3ccccc3Cl)nc3ccccc32)cc1. The number of carbonyl (C=O) groups is 2. The molecule has 0 spiro atoms. The molecular formula is C26H25ClN4O2. The molecule has 0 saturated heterocycles. The lowest BCUT2D eigenvalue weighted by molar-refractivity contribution is -0.116. The Kier molecular flexibility index (Phi) is 7.05. The van der Waals surface area contributed by atoms with E-state index in [-0.39, 0.29) is 18.4 Å². The standard InChI is InChI=1S/C26H25ClN4O2/c1-2-18-11-13-19(14-12-18)29-25(32)17-31-23-10-6-5-9-22(23)30-24(31)15-16-28-26(33)20-7-3-4-8-21(20)27/h3-14H,2,15-17H2,1H3,(H,28,33)(H,29,32). The molecule has 1 heterocycles. The first-order valence-corrected chi connectivity index (χ1v) is 11.3. The minimum absolute atomic E-state index is 0.129. The number of carbonyl (C=O) groups excluding carboxylic acids is 2. The molecule has 2 N–H and O–H groups in total. The summed E-state index contributed by atoms with van der Waals surface area (Å²) >= 11 is 6.11. The fraction of sp³-hybridized carbons (Fsp3) is 0.192. The van der Waals surface area contributed by atoms with E-state index in [2.05, 4.69) is 22.5 Å². The molecule has 0 aliphatic carbocycles. The Balaban J connectivity index is 1.46. The van der Waals surface area contributed by atoms with Crippen molar-refractivity contribution in [2.75, 3.05) is 11.9 Å². The van der Waals surface area contributed by atoms with Crippen molar-refractivity contribution in [2.24, 2.45) is 0 Å². The number of rotatable bonds is 8. The number of imidazole rings is 1. The zero-order chi connectivity index (χ0) is 23.2. The van der Waals surface area contributed by atoms with Gasteiger partial charge in [-0.15, -0.1) is 0 Å². The topological polar surface area (TPSA) is 76.0 Å². The van der Waals surface area contributed by atoms with Crippen LogP contribution in [-0.2, 0) is 24.2 Å². The molecule has 4 rings (SSSR count). The highest BCUT2D eigenvalue weighted by atomic mass is 35.5. The number of nitrogens with zero attached hydrogens (tertiary/aromatic N) is 2. The molecule has 0 aliphatic rings. The summed E-state index contributed by atoms with van der Waals surface area (Å²) in [5.41, 5.74) is 4.09. The van der Waals surface area contributed by atoms with Gasteiger partial charge < -0.3 is 15.2 Å². The normalized spacial score (nSPS) is 10.8. The van der Waals surface area contributed by atoms with Crippen LogP contribution < -0.4 is 10.6 Å². The summed E-state index contributed by atoms with van der Waals surface area (Å²) in [5, 5.41) is 6.25. The molecule has 0 saturated carbocycles. The van der Waals surface area contributed by atoms with E-state index in [4.69, 9.17) is 11.6 Å². The number of hydrogen-bond acceptors (Lipinski definition) is 3. The van der Waals surface area contributed by atoms with Crippen LogP contribution in [0.25, 0.3) is 11.0 Å². The summed E-state index contributed by atoms with van der Waals surface area (Å²) in [6, 6.07) is 22.5. The van der Waals surface area contributed by atoms with Crippen LogP contribution in [-0.4, -0.2) is 27.9 Å². The first-order valence-electron chi connectivity index (χ1n) is 10.9. The summed E-state index contributed by atoms with van der Waals surface area (Å²) in [6.07, 6.45) is 1.43. The monoisotopic (exact) mass is 460 g/mol. The molecule has 33 heavy (non-hydrogen) atoms. The molecule has 7 heteroatoms. The zero-order valence-electron chi connectivity index (χ0n) is 18.3. The molecule has 0 fully saturated rings. The maximum absolute atomic E-state index is 12.8. The van der Waals surface area contributed by atoms with E-state index in [0.717, 1.165) is 29.0 Å². The summed E-state index contributed by atoms with van der Waals surface area (Å²) in [5.74, 6) is 0.354. The minimum Gasteiger partial charge on any atom is -0.352 e. The molecule has 6 nitrogen and oxygen atoms in total. The molecule has 168 valence electrons. The predicted molar refractivity (Wildman–Crippen MR) is 132 cm³/mol. The number of anilines is 1. The number of fused-ring (bicyclic) bond motifs is 1. The van der Waals surface area contributed by atoms with Gasteiger partial charge in [-0.25, -0.2) is 4.98 Å².